The summed E-state index contributed by atoms with van der Waals surface area (Å²) in [5.74, 6) is -0.979. The number of amides is 1. The molecule has 0 unspecified atom stereocenters. The largest absolute Gasteiger partial charge is 0.516 e. The molecular formula is C13H24N2O6. The van der Waals surface area contributed by atoms with Gasteiger partial charge in [-0.05, 0) is 27.2 Å². The maximum absolute atomic E-state index is 11.4. The van der Waals surface area contributed by atoms with Crippen molar-refractivity contribution in [2.75, 3.05) is 13.2 Å². The lowest BCUT2D eigenvalue weighted by molar-refractivity contribution is -0.141. The zero-order valence-electron chi connectivity index (χ0n) is 12.9. The molecule has 1 amide bonds. The molecular weight excluding hydrogens is 280 g/mol. The van der Waals surface area contributed by atoms with E-state index in [-0.39, 0.29) is 13.2 Å². The Balaban J connectivity index is 4.00. The van der Waals surface area contributed by atoms with Crippen LogP contribution in [0.5, 0.6) is 0 Å². The number of alkyl carbamates (subject to hydrolysis) is 1. The van der Waals surface area contributed by atoms with Crippen molar-refractivity contribution in [1.82, 2.24) is 5.32 Å². The molecule has 1 atom stereocenters. The lowest BCUT2D eigenvalue weighted by atomic mass is 10.2. The minimum Gasteiger partial charge on any atom is -0.444 e. The first-order valence-corrected chi connectivity index (χ1v) is 6.76. The lowest BCUT2D eigenvalue weighted by Gasteiger charge is -2.20. The average molecular weight is 304 g/mol. The third-order valence-corrected chi connectivity index (χ3v) is 2.07. The molecule has 3 N–H and O–H groups in total. The maximum atomic E-state index is 11.4. The smallest absolute Gasteiger partial charge is 0.444 e. The molecule has 0 aromatic rings. The SMILES string of the molecule is CCCCOC(=O)OC(=O)[C@@H](N)CNC(=O)OC(C)(C)C. The van der Waals surface area contributed by atoms with E-state index < -0.39 is 29.9 Å². The van der Waals surface area contributed by atoms with Gasteiger partial charge in [-0.25, -0.2) is 14.4 Å². The highest BCUT2D eigenvalue weighted by molar-refractivity contribution is 5.85. The Morgan fingerprint density at radius 2 is 1.86 bits per heavy atom. The summed E-state index contributed by atoms with van der Waals surface area (Å²) in [4.78, 5) is 33.9. The number of nitrogens with two attached hydrogens (primary N) is 1. The quantitative estimate of drug-likeness (QED) is 0.431. The molecule has 0 saturated carbocycles. The Labute approximate surface area is 124 Å². The fourth-order valence-corrected chi connectivity index (χ4v) is 1.08. The number of hydrogen-bond donors (Lipinski definition) is 2. The monoisotopic (exact) mass is 304 g/mol. The number of esters is 1. The molecule has 8 nitrogen and oxygen atoms in total. The second kappa shape index (κ2) is 9.17. The van der Waals surface area contributed by atoms with E-state index >= 15 is 0 Å². The normalized spacial score (nSPS) is 12.2. The highest BCUT2D eigenvalue weighted by Crippen LogP contribution is 2.06. The number of carbonyl (C=O) groups is 3. The zero-order valence-corrected chi connectivity index (χ0v) is 12.9. The van der Waals surface area contributed by atoms with Crippen molar-refractivity contribution in [3.05, 3.63) is 0 Å². The van der Waals surface area contributed by atoms with Crippen molar-refractivity contribution in [1.29, 1.82) is 0 Å². The standard InChI is InChI=1S/C13H24N2O6/c1-5-6-7-19-12(18)20-10(16)9(14)8-15-11(17)21-13(2,3)4/h9H,5-8,14H2,1-4H3,(H,15,17)/t9-/m0/s1. The zero-order chi connectivity index (χ0) is 16.5. The van der Waals surface area contributed by atoms with Crippen molar-refractivity contribution in [2.45, 2.75) is 52.2 Å². The second-order valence-electron chi connectivity index (χ2n) is 5.36. The maximum Gasteiger partial charge on any atom is 0.516 e. The van der Waals surface area contributed by atoms with Gasteiger partial charge in [0.15, 0.2) is 0 Å². The summed E-state index contributed by atoms with van der Waals surface area (Å²) in [6, 6.07) is -1.18. The number of unbranched alkanes of at least 4 members (excludes halogenated alkanes) is 1. The van der Waals surface area contributed by atoms with Gasteiger partial charge in [-0.1, -0.05) is 13.3 Å². The summed E-state index contributed by atoms with van der Waals surface area (Å²) in [5.41, 5.74) is 4.82. The summed E-state index contributed by atoms with van der Waals surface area (Å²) in [7, 11) is 0. The van der Waals surface area contributed by atoms with E-state index in [1.165, 1.54) is 0 Å². The molecule has 0 fully saturated rings. The molecule has 0 rings (SSSR count). The summed E-state index contributed by atoms with van der Waals surface area (Å²) < 4.78 is 14.0. The third-order valence-electron chi connectivity index (χ3n) is 2.07. The predicted octanol–water partition coefficient (Wildman–Crippen LogP) is 1.32. The fraction of sp³-hybridized carbons (Fsp3) is 0.769. The minimum absolute atomic E-state index is 0.175. The topological polar surface area (TPSA) is 117 Å². The van der Waals surface area contributed by atoms with Crippen LogP contribution in [0.4, 0.5) is 9.59 Å². The first-order chi connectivity index (χ1) is 9.65. The number of hydrogen-bond acceptors (Lipinski definition) is 7. The average Bonchev–Trinajstić information content (AvgIpc) is 2.34. The Kier molecular flexibility index (Phi) is 8.37. The Morgan fingerprint density at radius 1 is 1.24 bits per heavy atom. The van der Waals surface area contributed by atoms with E-state index in [0.717, 1.165) is 6.42 Å². The van der Waals surface area contributed by atoms with E-state index in [0.29, 0.717) is 6.42 Å². The van der Waals surface area contributed by atoms with Crippen molar-refractivity contribution < 1.29 is 28.6 Å². The predicted molar refractivity (Wildman–Crippen MR) is 74.6 cm³/mol. The number of carbonyl (C=O) groups excluding carboxylic acids is 3. The van der Waals surface area contributed by atoms with Crippen LogP contribution in [0.2, 0.25) is 0 Å². The van der Waals surface area contributed by atoms with Crippen LogP contribution < -0.4 is 11.1 Å². The number of rotatable bonds is 6. The van der Waals surface area contributed by atoms with Crippen molar-refractivity contribution in [2.24, 2.45) is 5.73 Å². The molecule has 0 radical (unpaired) electrons. The molecule has 122 valence electrons. The second-order valence-corrected chi connectivity index (χ2v) is 5.36. The fourth-order valence-electron chi connectivity index (χ4n) is 1.08. The van der Waals surface area contributed by atoms with Gasteiger partial charge < -0.3 is 25.3 Å². The molecule has 0 bridgehead atoms. The van der Waals surface area contributed by atoms with Gasteiger partial charge in [0, 0.05) is 6.54 Å². The van der Waals surface area contributed by atoms with Crippen molar-refractivity contribution in [3.63, 3.8) is 0 Å². The van der Waals surface area contributed by atoms with E-state index in [1.807, 2.05) is 6.92 Å². The van der Waals surface area contributed by atoms with Crippen LogP contribution in [-0.4, -0.2) is 43.0 Å². The van der Waals surface area contributed by atoms with Crippen LogP contribution in [-0.2, 0) is 19.0 Å². The van der Waals surface area contributed by atoms with Gasteiger partial charge in [0.25, 0.3) is 0 Å². The van der Waals surface area contributed by atoms with Crippen LogP contribution in [0.25, 0.3) is 0 Å². The molecule has 0 heterocycles. The molecule has 8 heteroatoms. The van der Waals surface area contributed by atoms with E-state index in [4.69, 9.17) is 10.5 Å². The van der Waals surface area contributed by atoms with Gasteiger partial charge in [-0.15, -0.1) is 0 Å². The third kappa shape index (κ3) is 10.6. The van der Waals surface area contributed by atoms with E-state index in [2.05, 4.69) is 14.8 Å². The molecule has 21 heavy (non-hydrogen) atoms. The summed E-state index contributed by atoms with van der Waals surface area (Å²) in [6.07, 6.45) is -0.284. The summed E-state index contributed by atoms with van der Waals surface area (Å²) in [6.45, 7) is 7.00. The summed E-state index contributed by atoms with van der Waals surface area (Å²) >= 11 is 0. The Morgan fingerprint density at radius 3 is 2.38 bits per heavy atom. The van der Waals surface area contributed by atoms with Gasteiger partial charge in [-0.3, -0.25) is 0 Å². The van der Waals surface area contributed by atoms with Gasteiger partial charge in [0.05, 0.1) is 6.61 Å². The highest BCUT2D eigenvalue weighted by Gasteiger charge is 2.22. The van der Waals surface area contributed by atoms with Gasteiger partial charge in [0.1, 0.15) is 11.6 Å². The number of nitrogens with one attached hydrogen (secondary N) is 1. The van der Waals surface area contributed by atoms with E-state index in [9.17, 15) is 14.4 Å². The molecule has 0 aromatic carbocycles. The Bertz CT molecular complexity index is 364. The minimum atomic E-state index is -1.18. The molecule has 0 aliphatic rings. The highest BCUT2D eigenvalue weighted by atomic mass is 16.7. The molecule has 0 aliphatic carbocycles. The van der Waals surface area contributed by atoms with Crippen LogP contribution >= 0.6 is 0 Å². The van der Waals surface area contributed by atoms with Crippen LogP contribution in [0, 0.1) is 0 Å². The summed E-state index contributed by atoms with van der Waals surface area (Å²) in [5, 5.41) is 2.31. The van der Waals surface area contributed by atoms with Gasteiger partial charge in [-0.2, -0.15) is 0 Å². The Hall–Kier alpha value is -1.83. The van der Waals surface area contributed by atoms with Crippen LogP contribution in [0.1, 0.15) is 40.5 Å². The lowest BCUT2D eigenvalue weighted by Crippen LogP contribution is -2.45. The van der Waals surface area contributed by atoms with Gasteiger partial charge >= 0.3 is 18.2 Å². The first kappa shape index (κ1) is 19.2. The first-order valence-electron chi connectivity index (χ1n) is 6.76. The molecule has 0 saturated heterocycles. The van der Waals surface area contributed by atoms with Crippen molar-refractivity contribution in [3.8, 4) is 0 Å². The number of ether oxygens (including phenoxy) is 3. The van der Waals surface area contributed by atoms with Crippen LogP contribution in [0.15, 0.2) is 0 Å². The van der Waals surface area contributed by atoms with Crippen LogP contribution in [0.3, 0.4) is 0 Å². The van der Waals surface area contributed by atoms with Crippen molar-refractivity contribution >= 4 is 18.2 Å². The van der Waals surface area contributed by atoms with E-state index in [1.54, 1.807) is 20.8 Å². The molecule has 0 aliphatic heterocycles. The molecule has 0 spiro atoms. The molecule has 0 aromatic heterocycles. The van der Waals surface area contributed by atoms with Gasteiger partial charge in [0.2, 0.25) is 0 Å².